The van der Waals surface area contributed by atoms with Gasteiger partial charge in [-0.25, -0.2) is 0 Å². The van der Waals surface area contributed by atoms with Crippen molar-refractivity contribution >= 4 is 0 Å². The van der Waals surface area contributed by atoms with E-state index in [1.165, 1.54) is 7.11 Å². The molecule has 1 aliphatic rings. The second-order valence-corrected chi connectivity index (χ2v) is 7.05. The molecule has 6 nitrogen and oxygen atoms in total. The van der Waals surface area contributed by atoms with E-state index >= 15 is 0 Å². The van der Waals surface area contributed by atoms with Crippen molar-refractivity contribution in [2.24, 2.45) is 0 Å². The van der Waals surface area contributed by atoms with Crippen molar-refractivity contribution < 1.29 is 29.9 Å². The Balaban J connectivity index is 2.04. The number of hydrogen-bond acceptors (Lipinski definition) is 6. The molecule has 3 rings (SSSR count). The molecule has 4 N–H and O–H groups in total. The Morgan fingerprint density at radius 1 is 0.926 bits per heavy atom. The van der Waals surface area contributed by atoms with Crippen LogP contribution in [0.5, 0.6) is 0 Å². The van der Waals surface area contributed by atoms with Crippen LogP contribution in [0.1, 0.15) is 11.1 Å². The van der Waals surface area contributed by atoms with Crippen molar-refractivity contribution in [1.29, 1.82) is 0 Å². The second-order valence-electron chi connectivity index (χ2n) is 7.05. The molecule has 0 unspecified atom stereocenters. The molecule has 5 atom stereocenters. The standard InChI is InChI=1S/C21H26O6/c1-26-19-21(25,13-16-10-6-3-7-11-16)20(24,18(27-19)17(23)14-22)12-15-8-4-2-5-9-15/h2-11,17-19,22-25H,12-14H2,1H3/t17-,18+,19-,20-,21-/m0/s1. The Hall–Kier alpha value is -1.80. The maximum absolute atomic E-state index is 11.7. The van der Waals surface area contributed by atoms with Crippen LogP contribution in [0.4, 0.5) is 0 Å². The van der Waals surface area contributed by atoms with Crippen molar-refractivity contribution in [3.05, 3.63) is 71.8 Å². The molecule has 1 heterocycles. The van der Waals surface area contributed by atoms with E-state index in [2.05, 4.69) is 0 Å². The van der Waals surface area contributed by atoms with Gasteiger partial charge < -0.3 is 29.9 Å². The molecule has 0 radical (unpaired) electrons. The minimum atomic E-state index is -1.88. The number of methoxy groups -OCH3 is 1. The van der Waals surface area contributed by atoms with E-state index in [1.807, 2.05) is 60.7 Å². The molecule has 27 heavy (non-hydrogen) atoms. The Kier molecular flexibility index (Phi) is 5.95. The summed E-state index contributed by atoms with van der Waals surface area (Å²) >= 11 is 0. The van der Waals surface area contributed by atoms with Crippen molar-refractivity contribution in [1.82, 2.24) is 0 Å². The summed E-state index contributed by atoms with van der Waals surface area (Å²) < 4.78 is 11.0. The van der Waals surface area contributed by atoms with Crippen molar-refractivity contribution in [3.63, 3.8) is 0 Å². The molecule has 6 heteroatoms. The molecule has 146 valence electrons. The molecule has 2 aromatic rings. The highest BCUT2D eigenvalue weighted by molar-refractivity contribution is 5.27. The van der Waals surface area contributed by atoms with Crippen LogP contribution < -0.4 is 0 Å². The van der Waals surface area contributed by atoms with Gasteiger partial charge in [-0.2, -0.15) is 0 Å². The normalized spacial score (nSPS) is 31.7. The molecular weight excluding hydrogens is 348 g/mol. The average molecular weight is 374 g/mol. The number of rotatable bonds is 7. The third kappa shape index (κ3) is 3.65. The average Bonchev–Trinajstić information content (AvgIpc) is 2.89. The predicted molar refractivity (Wildman–Crippen MR) is 99.0 cm³/mol. The van der Waals surface area contributed by atoms with Crippen LogP contribution in [0.2, 0.25) is 0 Å². The first-order valence-electron chi connectivity index (χ1n) is 8.94. The minimum Gasteiger partial charge on any atom is -0.394 e. The van der Waals surface area contributed by atoms with Crippen LogP contribution in [0.15, 0.2) is 60.7 Å². The Morgan fingerprint density at radius 2 is 1.41 bits per heavy atom. The first-order valence-corrected chi connectivity index (χ1v) is 8.94. The van der Waals surface area contributed by atoms with E-state index in [0.717, 1.165) is 11.1 Å². The third-order valence-corrected chi connectivity index (χ3v) is 5.26. The Morgan fingerprint density at radius 3 is 1.85 bits per heavy atom. The summed E-state index contributed by atoms with van der Waals surface area (Å²) in [6.45, 7) is -0.611. The van der Waals surface area contributed by atoms with Crippen molar-refractivity contribution in [2.45, 2.75) is 42.5 Å². The van der Waals surface area contributed by atoms with Gasteiger partial charge >= 0.3 is 0 Å². The first-order chi connectivity index (χ1) is 12.9. The summed E-state index contributed by atoms with van der Waals surface area (Å²) in [6.07, 6.45) is -3.68. The van der Waals surface area contributed by atoms with E-state index < -0.39 is 36.3 Å². The smallest absolute Gasteiger partial charge is 0.189 e. The molecule has 0 saturated carbocycles. The number of ether oxygens (including phenoxy) is 2. The lowest BCUT2D eigenvalue weighted by Crippen LogP contribution is -2.64. The highest BCUT2D eigenvalue weighted by Gasteiger charge is 2.67. The molecule has 1 aliphatic heterocycles. The Bertz CT molecular complexity index is 724. The lowest BCUT2D eigenvalue weighted by Gasteiger charge is -2.41. The van der Waals surface area contributed by atoms with Gasteiger partial charge in [0.15, 0.2) is 11.9 Å². The van der Waals surface area contributed by atoms with Gasteiger partial charge in [-0.05, 0) is 11.1 Å². The molecule has 0 aliphatic carbocycles. The van der Waals surface area contributed by atoms with Gasteiger partial charge in [-0.1, -0.05) is 60.7 Å². The lowest BCUT2D eigenvalue weighted by molar-refractivity contribution is -0.206. The van der Waals surface area contributed by atoms with Crippen molar-refractivity contribution in [3.8, 4) is 0 Å². The van der Waals surface area contributed by atoms with E-state index in [1.54, 1.807) is 0 Å². The quantitative estimate of drug-likeness (QED) is 0.568. The minimum absolute atomic E-state index is 0.0265. The molecule has 2 aromatic carbocycles. The van der Waals surface area contributed by atoms with E-state index in [9.17, 15) is 20.4 Å². The lowest BCUT2D eigenvalue weighted by atomic mass is 9.72. The van der Waals surface area contributed by atoms with Gasteiger partial charge in [-0.15, -0.1) is 0 Å². The molecule has 1 fully saturated rings. The number of aliphatic hydroxyl groups is 4. The number of hydrogen-bond donors (Lipinski definition) is 4. The van der Waals surface area contributed by atoms with Crippen LogP contribution in [0.3, 0.4) is 0 Å². The van der Waals surface area contributed by atoms with Crippen LogP contribution in [-0.4, -0.2) is 63.8 Å². The van der Waals surface area contributed by atoms with E-state index in [4.69, 9.17) is 9.47 Å². The maximum Gasteiger partial charge on any atom is 0.189 e. The maximum atomic E-state index is 11.7. The van der Waals surface area contributed by atoms with Gasteiger partial charge in [0.1, 0.15) is 17.8 Å². The summed E-state index contributed by atoms with van der Waals surface area (Å²) in [5.41, 5.74) is -2.16. The fourth-order valence-electron chi connectivity index (χ4n) is 3.87. The summed E-state index contributed by atoms with van der Waals surface area (Å²) in [5.74, 6) is 0. The monoisotopic (exact) mass is 374 g/mol. The molecule has 0 spiro atoms. The van der Waals surface area contributed by atoms with Gasteiger partial charge in [-0.3, -0.25) is 0 Å². The molecule has 0 bridgehead atoms. The zero-order valence-corrected chi connectivity index (χ0v) is 15.2. The molecular formula is C21H26O6. The Labute approximate surface area is 158 Å². The van der Waals surface area contributed by atoms with Crippen LogP contribution in [-0.2, 0) is 22.3 Å². The first kappa shape index (κ1) is 19.9. The van der Waals surface area contributed by atoms with Gasteiger partial charge in [0.25, 0.3) is 0 Å². The largest absolute Gasteiger partial charge is 0.394 e. The van der Waals surface area contributed by atoms with Gasteiger partial charge in [0.2, 0.25) is 0 Å². The number of aliphatic hydroxyl groups excluding tert-OH is 2. The van der Waals surface area contributed by atoms with Gasteiger partial charge in [0, 0.05) is 20.0 Å². The topological polar surface area (TPSA) is 99.4 Å². The summed E-state index contributed by atoms with van der Waals surface area (Å²) in [6, 6.07) is 18.4. The fraction of sp³-hybridized carbons (Fsp3) is 0.429. The second kappa shape index (κ2) is 8.06. The predicted octanol–water partition coefficient (Wildman–Crippen LogP) is 0.658. The zero-order valence-electron chi connectivity index (χ0n) is 15.2. The van der Waals surface area contributed by atoms with Crippen molar-refractivity contribution in [2.75, 3.05) is 13.7 Å². The summed E-state index contributed by atoms with van der Waals surface area (Å²) in [4.78, 5) is 0. The van der Waals surface area contributed by atoms with Crippen LogP contribution >= 0.6 is 0 Å². The highest BCUT2D eigenvalue weighted by Crippen LogP contribution is 2.45. The third-order valence-electron chi connectivity index (χ3n) is 5.26. The molecule has 0 aromatic heterocycles. The summed E-state index contributed by atoms with van der Waals surface area (Å²) in [7, 11) is 1.37. The van der Waals surface area contributed by atoms with E-state index in [0.29, 0.717) is 0 Å². The van der Waals surface area contributed by atoms with Crippen LogP contribution in [0, 0.1) is 0 Å². The molecule has 1 saturated heterocycles. The zero-order chi connectivity index (χ0) is 19.5. The van der Waals surface area contributed by atoms with E-state index in [-0.39, 0.29) is 12.8 Å². The highest BCUT2D eigenvalue weighted by atomic mass is 16.7. The SMILES string of the molecule is CO[C@H]1O[C@H]([C@@H](O)CO)[C@@](O)(Cc2ccccc2)[C@]1(O)Cc1ccccc1. The van der Waals surface area contributed by atoms with Gasteiger partial charge in [0.05, 0.1) is 6.61 Å². The van der Waals surface area contributed by atoms with Crippen LogP contribution in [0.25, 0.3) is 0 Å². The molecule has 0 amide bonds. The summed E-state index contributed by atoms with van der Waals surface area (Å²) in [5, 5.41) is 43.0. The number of benzene rings is 2. The fourth-order valence-corrected chi connectivity index (χ4v) is 3.87.